The summed E-state index contributed by atoms with van der Waals surface area (Å²) in [6.07, 6.45) is -0.383. The third kappa shape index (κ3) is 4.88. The van der Waals surface area contributed by atoms with Crippen molar-refractivity contribution >= 4 is 11.6 Å². The van der Waals surface area contributed by atoms with Gasteiger partial charge in [0.25, 0.3) is 0 Å². The molecule has 1 amide bonds. The Kier molecular flexibility index (Phi) is 6.52. The first-order valence-corrected chi connectivity index (χ1v) is 10.1. The van der Waals surface area contributed by atoms with Crippen LogP contribution in [0.25, 0.3) is 0 Å². The number of amides is 1. The number of carbonyl (C=O) groups is 1. The van der Waals surface area contributed by atoms with Gasteiger partial charge in [0.2, 0.25) is 5.91 Å². The Hall–Kier alpha value is -1.47. The largest absolute Gasteiger partial charge is 0.390 e. The SMILES string of the molecule is Cc1cccc(C(C)C)c1NC(=O)CN1C[C@H](O)[C@@H](N2CCN(C)CC2)C1. The van der Waals surface area contributed by atoms with E-state index < -0.39 is 0 Å². The van der Waals surface area contributed by atoms with Crippen molar-refractivity contribution in [3.05, 3.63) is 29.3 Å². The van der Waals surface area contributed by atoms with E-state index >= 15 is 0 Å². The molecule has 0 spiro atoms. The van der Waals surface area contributed by atoms with Crippen LogP contribution in [0.15, 0.2) is 18.2 Å². The van der Waals surface area contributed by atoms with Crippen LogP contribution in [0.4, 0.5) is 5.69 Å². The summed E-state index contributed by atoms with van der Waals surface area (Å²) in [5.41, 5.74) is 3.19. The Morgan fingerprint density at radius 3 is 2.59 bits per heavy atom. The molecule has 2 aliphatic rings. The first-order chi connectivity index (χ1) is 12.8. The topological polar surface area (TPSA) is 59.1 Å². The van der Waals surface area contributed by atoms with Crippen LogP contribution >= 0.6 is 0 Å². The molecule has 3 rings (SSSR count). The molecule has 0 aliphatic carbocycles. The molecule has 1 aromatic carbocycles. The van der Waals surface area contributed by atoms with Crippen molar-refractivity contribution in [1.29, 1.82) is 0 Å². The summed E-state index contributed by atoms with van der Waals surface area (Å²) < 4.78 is 0. The van der Waals surface area contributed by atoms with Crippen LogP contribution in [0, 0.1) is 6.92 Å². The summed E-state index contributed by atoms with van der Waals surface area (Å²) in [4.78, 5) is 19.4. The predicted molar refractivity (Wildman–Crippen MR) is 109 cm³/mol. The first-order valence-electron chi connectivity index (χ1n) is 10.1. The number of nitrogens with zero attached hydrogens (tertiary/aromatic N) is 3. The van der Waals surface area contributed by atoms with Crippen LogP contribution in [0.1, 0.15) is 30.9 Å². The Balaban J connectivity index is 1.58. The van der Waals surface area contributed by atoms with Crippen LogP contribution in [0.2, 0.25) is 0 Å². The number of aliphatic hydroxyl groups excluding tert-OH is 1. The average Bonchev–Trinajstić information content (AvgIpc) is 2.97. The van der Waals surface area contributed by atoms with Gasteiger partial charge in [-0.25, -0.2) is 0 Å². The number of likely N-dealkylation sites (tertiary alicyclic amines) is 1. The fourth-order valence-electron chi connectivity index (χ4n) is 4.21. The quantitative estimate of drug-likeness (QED) is 0.815. The summed E-state index contributed by atoms with van der Waals surface area (Å²) in [6, 6.07) is 6.29. The Morgan fingerprint density at radius 2 is 1.93 bits per heavy atom. The van der Waals surface area contributed by atoms with Crippen molar-refractivity contribution in [1.82, 2.24) is 14.7 Å². The zero-order chi connectivity index (χ0) is 19.6. The minimum Gasteiger partial charge on any atom is -0.390 e. The van der Waals surface area contributed by atoms with Crippen molar-refractivity contribution in [2.24, 2.45) is 0 Å². The highest BCUT2D eigenvalue weighted by molar-refractivity contribution is 5.94. The Bertz CT molecular complexity index is 656. The van der Waals surface area contributed by atoms with Gasteiger partial charge >= 0.3 is 0 Å². The van der Waals surface area contributed by atoms with Gasteiger partial charge in [-0.15, -0.1) is 0 Å². The van der Waals surface area contributed by atoms with E-state index in [2.05, 4.69) is 47.0 Å². The minimum atomic E-state index is -0.383. The summed E-state index contributed by atoms with van der Waals surface area (Å²) in [7, 11) is 2.13. The monoisotopic (exact) mass is 374 g/mol. The molecule has 0 bridgehead atoms. The van der Waals surface area contributed by atoms with Gasteiger partial charge in [0.15, 0.2) is 0 Å². The molecule has 2 heterocycles. The Morgan fingerprint density at radius 1 is 1.22 bits per heavy atom. The number of benzene rings is 1. The van der Waals surface area contributed by atoms with Crippen molar-refractivity contribution in [3.8, 4) is 0 Å². The summed E-state index contributed by atoms with van der Waals surface area (Å²) in [5, 5.41) is 13.6. The zero-order valence-corrected chi connectivity index (χ0v) is 17.1. The lowest BCUT2D eigenvalue weighted by Crippen LogP contribution is -2.52. The number of piperazine rings is 1. The van der Waals surface area contributed by atoms with E-state index in [1.54, 1.807) is 0 Å². The third-order valence-electron chi connectivity index (χ3n) is 5.90. The summed E-state index contributed by atoms with van der Waals surface area (Å²) in [5.74, 6) is 0.354. The highest BCUT2D eigenvalue weighted by Gasteiger charge is 2.37. The molecule has 2 N–H and O–H groups in total. The summed E-state index contributed by atoms with van der Waals surface area (Å²) >= 11 is 0. The fourth-order valence-corrected chi connectivity index (χ4v) is 4.21. The average molecular weight is 375 g/mol. The molecule has 6 nitrogen and oxygen atoms in total. The standard InChI is InChI=1S/C21H34N4O2/c1-15(2)17-7-5-6-16(3)21(17)22-20(27)14-24-12-18(19(26)13-24)25-10-8-23(4)9-11-25/h5-7,15,18-19,26H,8-14H2,1-4H3,(H,22,27)/t18-,19-/m0/s1. The predicted octanol–water partition coefficient (Wildman–Crippen LogP) is 1.35. The molecule has 2 aliphatic heterocycles. The molecule has 2 saturated heterocycles. The fraction of sp³-hybridized carbons (Fsp3) is 0.667. The van der Waals surface area contributed by atoms with E-state index in [0.717, 1.165) is 44.0 Å². The molecular formula is C21H34N4O2. The van der Waals surface area contributed by atoms with Crippen molar-refractivity contribution in [2.75, 3.05) is 58.2 Å². The molecule has 0 aromatic heterocycles. The normalized spacial score (nSPS) is 25.3. The van der Waals surface area contributed by atoms with Crippen LogP contribution in [-0.2, 0) is 4.79 Å². The lowest BCUT2D eigenvalue weighted by atomic mass is 9.98. The van der Waals surface area contributed by atoms with Gasteiger partial charge in [0, 0.05) is 51.0 Å². The number of nitrogens with one attached hydrogen (secondary N) is 1. The van der Waals surface area contributed by atoms with E-state index in [4.69, 9.17) is 0 Å². The van der Waals surface area contributed by atoms with E-state index in [1.807, 2.05) is 19.1 Å². The molecular weight excluding hydrogens is 340 g/mol. The van der Waals surface area contributed by atoms with E-state index in [9.17, 15) is 9.90 Å². The van der Waals surface area contributed by atoms with Gasteiger partial charge in [-0.2, -0.15) is 0 Å². The molecule has 0 radical (unpaired) electrons. The van der Waals surface area contributed by atoms with Crippen LogP contribution in [-0.4, -0.2) is 90.7 Å². The maximum Gasteiger partial charge on any atom is 0.238 e. The molecule has 1 aromatic rings. The molecule has 150 valence electrons. The zero-order valence-electron chi connectivity index (χ0n) is 17.1. The highest BCUT2D eigenvalue weighted by atomic mass is 16.3. The molecule has 27 heavy (non-hydrogen) atoms. The molecule has 0 unspecified atom stereocenters. The number of hydrogen-bond acceptors (Lipinski definition) is 5. The smallest absolute Gasteiger partial charge is 0.238 e. The van der Waals surface area contributed by atoms with Gasteiger partial charge in [-0.3, -0.25) is 14.6 Å². The second-order valence-electron chi connectivity index (χ2n) is 8.41. The number of rotatable bonds is 5. The minimum absolute atomic E-state index is 0.00238. The number of anilines is 1. The van der Waals surface area contributed by atoms with Gasteiger partial charge in [-0.05, 0) is 31.0 Å². The number of hydrogen-bond donors (Lipinski definition) is 2. The van der Waals surface area contributed by atoms with Crippen molar-refractivity contribution < 1.29 is 9.90 Å². The van der Waals surface area contributed by atoms with Crippen LogP contribution < -0.4 is 5.32 Å². The van der Waals surface area contributed by atoms with Crippen molar-refractivity contribution in [2.45, 2.75) is 38.8 Å². The van der Waals surface area contributed by atoms with E-state index in [0.29, 0.717) is 19.0 Å². The first kappa shape index (κ1) is 20.3. The highest BCUT2D eigenvalue weighted by Crippen LogP contribution is 2.27. The van der Waals surface area contributed by atoms with Gasteiger partial charge in [0.1, 0.15) is 0 Å². The summed E-state index contributed by atoms with van der Waals surface area (Å²) in [6.45, 7) is 12.0. The third-order valence-corrected chi connectivity index (χ3v) is 5.90. The van der Waals surface area contributed by atoms with Gasteiger partial charge in [0.05, 0.1) is 12.6 Å². The number of aryl methyl sites for hydroxylation is 1. The number of likely N-dealkylation sites (N-methyl/N-ethyl adjacent to an activating group) is 1. The number of aliphatic hydroxyl groups is 1. The van der Waals surface area contributed by atoms with Crippen LogP contribution in [0.3, 0.4) is 0 Å². The van der Waals surface area contributed by atoms with E-state index in [1.165, 1.54) is 5.56 Å². The molecule has 6 heteroatoms. The van der Waals surface area contributed by atoms with Gasteiger partial charge in [-0.1, -0.05) is 32.0 Å². The lowest BCUT2D eigenvalue weighted by molar-refractivity contribution is -0.117. The Labute approximate surface area is 163 Å². The second-order valence-corrected chi connectivity index (χ2v) is 8.41. The molecule has 0 saturated carbocycles. The van der Waals surface area contributed by atoms with E-state index in [-0.39, 0.29) is 18.1 Å². The lowest BCUT2D eigenvalue weighted by Gasteiger charge is -2.37. The van der Waals surface area contributed by atoms with Gasteiger partial charge < -0.3 is 15.3 Å². The number of para-hydroxylation sites is 1. The molecule has 2 fully saturated rings. The second kappa shape index (κ2) is 8.69. The van der Waals surface area contributed by atoms with Crippen LogP contribution in [0.5, 0.6) is 0 Å². The molecule has 2 atom stereocenters. The number of carbonyl (C=O) groups excluding carboxylic acids is 1. The number of β-amino-alcohol motifs (C(OH)–C–C–N with tert-alkyl or cyclic N) is 1. The maximum absolute atomic E-state index is 12.7. The van der Waals surface area contributed by atoms with Crippen molar-refractivity contribution in [3.63, 3.8) is 0 Å². The maximum atomic E-state index is 12.7.